The van der Waals surface area contributed by atoms with Crippen molar-refractivity contribution in [2.75, 3.05) is 18.4 Å². The van der Waals surface area contributed by atoms with Crippen molar-refractivity contribution < 1.29 is 44.0 Å². The second kappa shape index (κ2) is 15.9. The highest BCUT2D eigenvalue weighted by Gasteiger charge is 2.45. The van der Waals surface area contributed by atoms with Gasteiger partial charge in [0.15, 0.2) is 12.2 Å². The Morgan fingerprint density at radius 3 is 2.45 bits per heavy atom. The molecule has 1 aromatic rings. The minimum absolute atomic E-state index is 0. The predicted molar refractivity (Wildman–Crippen MR) is 149 cm³/mol. The van der Waals surface area contributed by atoms with Gasteiger partial charge in [-0.15, -0.1) is 12.4 Å². The molecular weight excluding hydrogens is 584 g/mol. The Bertz CT molecular complexity index is 1200. The van der Waals surface area contributed by atoms with Crippen LogP contribution in [0.4, 0.5) is 10.6 Å². The van der Waals surface area contributed by atoms with Crippen molar-refractivity contribution >= 4 is 48.1 Å². The first-order valence-electron chi connectivity index (χ1n) is 12.5. The fraction of sp³-hybridized carbons (Fsp3) is 0.609. The molecule has 2 heterocycles. The summed E-state index contributed by atoms with van der Waals surface area (Å²) in [6.45, 7) is 4.62. The number of aliphatic carboxylic acids is 1. The number of hydrogen-bond acceptors (Lipinski definition) is 11. The number of carbonyl (C=O) groups is 4. The zero-order chi connectivity index (χ0) is 30.9. The smallest absolute Gasteiger partial charge is 0.408 e. The van der Waals surface area contributed by atoms with Crippen molar-refractivity contribution in [3.63, 3.8) is 0 Å². The number of nitrogens with zero attached hydrogens (tertiary/aromatic N) is 3. The number of amides is 3. The van der Waals surface area contributed by atoms with Crippen LogP contribution in [0.2, 0.25) is 0 Å². The maximum Gasteiger partial charge on any atom is 0.408 e. The fourth-order valence-electron chi connectivity index (χ4n) is 3.67. The molecule has 0 radical (unpaired) electrons. The summed E-state index contributed by atoms with van der Waals surface area (Å²) in [5, 5.41) is 36.4. The summed E-state index contributed by atoms with van der Waals surface area (Å²) in [7, 11) is 0. The van der Waals surface area contributed by atoms with Crippen LogP contribution >= 0.6 is 12.4 Å². The fourth-order valence-corrected chi connectivity index (χ4v) is 3.67. The van der Waals surface area contributed by atoms with Crippen molar-refractivity contribution in [3.8, 4) is 0 Å². The molecule has 236 valence electrons. The standard InChI is InChI=1S/C23H36N8O10.ClH/c1-23(2,3)41-22(39)27-10-14(32)28-11(5-4-7-26-20(24)25)18(37)29-13-6-8-31(21(38)30-13)19-17(36)16(35)12(40-19)9-15(33)34;/h6,8,11-12,16-17,19,35-36H,4-5,7,9-10H2,1-3H3,(H,27,39)(H,28,32)(H,33,34)(H4,24,25,26)(H,29,30,37,38);1H/t11-,12+,16+,17-,19+;/m0./s1. The number of ether oxygens (including phenoxy) is 2. The molecule has 42 heavy (non-hydrogen) atoms. The molecule has 0 saturated carbocycles. The molecule has 0 bridgehead atoms. The molecule has 1 fully saturated rings. The largest absolute Gasteiger partial charge is 0.481 e. The number of hydrogen-bond donors (Lipinski definition) is 8. The van der Waals surface area contributed by atoms with E-state index in [1.807, 2.05) is 0 Å². The van der Waals surface area contributed by atoms with E-state index in [4.69, 9.17) is 26.0 Å². The first-order valence-corrected chi connectivity index (χ1v) is 12.5. The van der Waals surface area contributed by atoms with Crippen molar-refractivity contribution in [1.29, 1.82) is 0 Å². The summed E-state index contributed by atoms with van der Waals surface area (Å²) in [5.41, 5.74) is 8.84. The van der Waals surface area contributed by atoms with Crippen LogP contribution in [0.5, 0.6) is 0 Å². The van der Waals surface area contributed by atoms with Crippen molar-refractivity contribution in [2.24, 2.45) is 16.5 Å². The van der Waals surface area contributed by atoms with E-state index >= 15 is 0 Å². The summed E-state index contributed by atoms with van der Waals surface area (Å²) in [6, 6.07) is 0.0579. The molecule has 2 rings (SSSR count). The lowest BCUT2D eigenvalue weighted by Crippen LogP contribution is -2.48. The van der Waals surface area contributed by atoms with E-state index in [2.05, 4.69) is 25.9 Å². The molecule has 1 aliphatic heterocycles. The molecule has 10 N–H and O–H groups in total. The Morgan fingerprint density at radius 2 is 1.88 bits per heavy atom. The van der Waals surface area contributed by atoms with Crippen molar-refractivity contribution in [2.45, 2.75) is 76.2 Å². The van der Waals surface area contributed by atoms with E-state index in [1.54, 1.807) is 20.8 Å². The summed E-state index contributed by atoms with van der Waals surface area (Å²) in [4.78, 5) is 68.3. The normalized spacial score (nSPS) is 20.4. The van der Waals surface area contributed by atoms with Crippen molar-refractivity contribution in [3.05, 3.63) is 22.7 Å². The summed E-state index contributed by atoms with van der Waals surface area (Å²) < 4.78 is 11.2. The zero-order valence-corrected chi connectivity index (χ0v) is 24.0. The number of nitrogens with two attached hydrogens (primary N) is 2. The monoisotopic (exact) mass is 620 g/mol. The third kappa shape index (κ3) is 11.5. The van der Waals surface area contributed by atoms with Crippen LogP contribution in [-0.4, -0.2) is 97.8 Å². The first-order chi connectivity index (χ1) is 19.1. The Morgan fingerprint density at radius 1 is 1.21 bits per heavy atom. The van der Waals surface area contributed by atoms with E-state index in [-0.39, 0.29) is 43.6 Å². The maximum absolute atomic E-state index is 13.0. The number of halogens is 1. The lowest BCUT2D eigenvalue weighted by molar-refractivity contribution is -0.142. The Balaban J connectivity index is 0.00000882. The molecule has 0 aromatic carbocycles. The Labute approximate surface area is 246 Å². The zero-order valence-electron chi connectivity index (χ0n) is 23.2. The second-order valence-electron chi connectivity index (χ2n) is 10.1. The molecule has 1 aliphatic rings. The molecular formula is C23H37ClN8O10. The van der Waals surface area contributed by atoms with Crippen LogP contribution in [0.25, 0.3) is 0 Å². The Hall–Kier alpha value is -4.00. The molecule has 19 heteroatoms. The first kappa shape index (κ1) is 36.0. The minimum Gasteiger partial charge on any atom is -0.481 e. The number of alkyl carbamates (subject to hydrolysis) is 1. The lowest BCUT2D eigenvalue weighted by Gasteiger charge is -2.21. The third-order valence-corrected chi connectivity index (χ3v) is 5.46. The number of anilines is 1. The molecule has 0 spiro atoms. The van der Waals surface area contributed by atoms with Crippen LogP contribution in [0.3, 0.4) is 0 Å². The molecule has 18 nitrogen and oxygen atoms in total. The highest BCUT2D eigenvalue weighted by Crippen LogP contribution is 2.30. The lowest BCUT2D eigenvalue weighted by atomic mass is 10.1. The molecule has 0 unspecified atom stereocenters. The van der Waals surface area contributed by atoms with Gasteiger partial charge < -0.3 is 52.2 Å². The Kier molecular flexibility index (Phi) is 13.6. The van der Waals surface area contributed by atoms with Crippen LogP contribution in [0.15, 0.2) is 22.1 Å². The van der Waals surface area contributed by atoms with E-state index in [0.29, 0.717) is 0 Å². The molecule has 3 amide bonds. The second-order valence-corrected chi connectivity index (χ2v) is 10.1. The van der Waals surface area contributed by atoms with E-state index in [1.165, 1.54) is 6.07 Å². The quantitative estimate of drug-likeness (QED) is 0.0697. The van der Waals surface area contributed by atoms with Gasteiger partial charge in [0, 0.05) is 12.7 Å². The topological polar surface area (TPSA) is 283 Å². The number of aliphatic hydroxyl groups is 2. The summed E-state index contributed by atoms with van der Waals surface area (Å²) in [6.07, 6.45) is -5.80. The van der Waals surface area contributed by atoms with Gasteiger partial charge >= 0.3 is 17.8 Å². The van der Waals surface area contributed by atoms with Gasteiger partial charge in [0.25, 0.3) is 0 Å². The third-order valence-electron chi connectivity index (χ3n) is 5.46. The number of guanidine groups is 1. The van der Waals surface area contributed by atoms with Crippen LogP contribution < -0.4 is 33.1 Å². The number of nitrogens with one attached hydrogen (secondary N) is 3. The average Bonchev–Trinajstić information content (AvgIpc) is 3.11. The minimum atomic E-state index is -1.61. The van der Waals surface area contributed by atoms with Gasteiger partial charge in [0.2, 0.25) is 11.8 Å². The number of aliphatic hydroxyl groups excluding tert-OH is 2. The van der Waals surface area contributed by atoms with Gasteiger partial charge in [0.05, 0.1) is 12.5 Å². The van der Waals surface area contributed by atoms with Gasteiger partial charge in [-0.05, 0) is 39.7 Å². The van der Waals surface area contributed by atoms with E-state index < -0.39 is 78.7 Å². The van der Waals surface area contributed by atoms with Gasteiger partial charge in [0.1, 0.15) is 36.2 Å². The SMILES string of the molecule is CC(C)(C)OC(=O)NCC(=O)N[C@@H](CCCN=C(N)N)C(=O)Nc1ccn([C@@H]2O[C@H](CC(=O)O)[C@@H](O)[C@@H]2O)c(=O)n1.Cl. The molecule has 5 atom stereocenters. The number of carbonyl (C=O) groups excluding carboxylic acids is 3. The number of rotatable bonds is 12. The van der Waals surface area contributed by atoms with E-state index in [9.17, 15) is 34.2 Å². The van der Waals surface area contributed by atoms with Crippen molar-refractivity contribution in [1.82, 2.24) is 20.2 Å². The van der Waals surface area contributed by atoms with Crippen LogP contribution in [-0.2, 0) is 23.9 Å². The highest BCUT2D eigenvalue weighted by atomic mass is 35.5. The summed E-state index contributed by atoms with van der Waals surface area (Å²) >= 11 is 0. The average molecular weight is 621 g/mol. The number of carboxylic acids is 1. The maximum atomic E-state index is 13.0. The van der Waals surface area contributed by atoms with Gasteiger partial charge in [-0.25, -0.2) is 9.59 Å². The van der Waals surface area contributed by atoms with Gasteiger partial charge in [-0.1, -0.05) is 0 Å². The van der Waals surface area contributed by atoms with Gasteiger partial charge in [-0.2, -0.15) is 4.98 Å². The molecule has 0 aliphatic carbocycles. The number of aliphatic imine (C=N–C) groups is 1. The van der Waals surface area contributed by atoms with Crippen LogP contribution in [0, 0.1) is 0 Å². The van der Waals surface area contributed by atoms with Gasteiger partial charge in [-0.3, -0.25) is 23.9 Å². The predicted octanol–water partition coefficient (Wildman–Crippen LogP) is -2.24. The van der Waals surface area contributed by atoms with E-state index in [0.717, 1.165) is 10.8 Å². The van der Waals surface area contributed by atoms with Crippen LogP contribution in [0.1, 0.15) is 46.3 Å². The highest BCUT2D eigenvalue weighted by molar-refractivity contribution is 5.97. The number of carboxylic acid groups (broad SMARTS) is 1. The number of aromatic nitrogens is 2. The molecule has 1 saturated heterocycles. The molecule has 1 aromatic heterocycles. The summed E-state index contributed by atoms with van der Waals surface area (Å²) in [5.74, 6) is -3.09.